The fourth-order valence-electron chi connectivity index (χ4n) is 1.98. The Kier molecular flexibility index (Phi) is 3.98. The Morgan fingerprint density at radius 2 is 2.05 bits per heavy atom. The van der Waals surface area contributed by atoms with Crippen molar-refractivity contribution in [1.82, 2.24) is 4.98 Å². The molecule has 0 saturated heterocycles. The van der Waals surface area contributed by atoms with Crippen molar-refractivity contribution in [3.8, 4) is 0 Å². The molecular formula is C15H15FN2O2. The Bertz CT molecular complexity index is 644. The molecule has 0 radical (unpaired) electrons. The van der Waals surface area contributed by atoms with E-state index in [1.807, 2.05) is 31.2 Å². The lowest BCUT2D eigenvalue weighted by Gasteiger charge is -2.20. The first-order valence-electron chi connectivity index (χ1n) is 6.14. The van der Waals surface area contributed by atoms with Gasteiger partial charge >= 0.3 is 5.97 Å². The first kappa shape index (κ1) is 14.0. The van der Waals surface area contributed by atoms with Crippen LogP contribution in [-0.4, -0.2) is 23.1 Å². The maximum absolute atomic E-state index is 14.1. The van der Waals surface area contributed by atoms with Gasteiger partial charge in [0, 0.05) is 19.8 Å². The van der Waals surface area contributed by atoms with Gasteiger partial charge in [-0.2, -0.15) is 0 Å². The number of hydrogen-bond donors (Lipinski definition) is 1. The number of rotatable bonds is 4. The average Bonchev–Trinajstić information content (AvgIpc) is 2.41. The Hall–Kier alpha value is -2.43. The lowest BCUT2D eigenvalue weighted by Crippen LogP contribution is -2.21. The van der Waals surface area contributed by atoms with E-state index < -0.39 is 11.8 Å². The van der Waals surface area contributed by atoms with E-state index >= 15 is 0 Å². The highest BCUT2D eigenvalue weighted by Crippen LogP contribution is 2.21. The first-order chi connectivity index (χ1) is 9.50. The second-order valence-corrected chi connectivity index (χ2v) is 4.58. The van der Waals surface area contributed by atoms with Crippen molar-refractivity contribution in [1.29, 1.82) is 0 Å². The van der Waals surface area contributed by atoms with E-state index in [1.165, 1.54) is 6.20 Å². The predicted octanol–water partition coefficient (Wildman–Crippen LogP) is 2.86. The summed E-state index contributed by atoms with van der Waals surface area (Å²) in [5.74, 6) is -2.07. The fraction of sp³-hybridized carbons (Fsp3) is 0.200. The lowest BCUT2D eigenvalue weighted by molar-refractivity contribution is 0.0692. The summed E-state index contributed by atoms with van der Waals surface area (Å²) >= 11 is 0. The van der Waals surface area contributed by atoms with Crippen molar-refractivity contribution >= 4 is 11.8 Å². The van der Waals surface area contributed by atoms with Crippen molar-refractivity contribution in [2.45, 2.75) is 13.5 Å². The molecule has 0 atom stereocenters. The number of pyridine rings is 1. The van der Waals surface area contributed by atoms with Gasteiger partial charge in [-0.15, -0.1) is 0 Å². The third-order valence-electron chi connectivity index (χ3n) is 3.13. The van der Waals surface area contributed by atoms with Crippen LogP contribution in [0.3, 0.4) is 0 Å². The second kappa shape index (κ2) is 5.69. The number of hydrogen-bond acceptors (Lipinski definition) is 3. The minimum atomic E-state index is -1.30. The smallest absolute Gasteiger partial charge is 0.338 e. The quantitative estimate of drug-likeness (QED) is 0.931. The minimum absolute atomic E-state index is 0.0353. The number of carboxylic acid groups (broad SMARTS) is 1. The molecule has 104 valence electrons. The highest BCUT2D eigenvalue weighted by molar-refractivity contribution is 5.88. The van der Waals surface area contributed by atoms with Crippen molar-refractivity contribution in [3.05, 3.63) is 59.0 Å². The molecule has 0 saturated carbocycles. The molecule has 1 N–H and O–H groups in total. The van der Waals surface area contributed by atoms with Crippen LogP contribution < -0.4 is 4.90 Å². The van der Waals surface area contributed by atoms with Gasteiger partial charge in [-0.25, -0.2) is 14.2 Å². The van der Waals surface area contributed by atoms with Crippen molar-refractivity contribution in [2.24, 2.45) is 0 Å². The number of benzene rings is 1. The van der Waals surface area contributed by atoms with E-state index in [4.69, 9.17) is 5.11 Å². The van der Waals surface area contributed by atoms with E-state index in [0.717, 1.165) is 17.2 Å². The van der Waals surface area contributed by atoms with Crippen molar-refractivity contribution in [2.75, 3.05) is 11.9 Å². The Morgan fingerprint density at radius 3 is 2.70 bits per heavy atom. The SMILES string of the molecule is Cc1ccccc1CN(C)c1nccc(C(=O)O)c1F. The third kappa shape index (κ3) is 2.77. The Labute approximate surface area is 116 Å². The summed E-state index contributed by atoms with van der Waals surface area (Å²) in [7, 11) is 1.68. The number of carbonyl (C=O) groups is 1. The van der Waals surface area contributed by atoms with Gasteiger partial charge in [-0.3, -0.25) is 0 Å². The lowest BCUT2D eigenvalue weighted by atomic mass is 10.1. The van der Waals surface area contributed by atoms with E-state index in [0.29, 0.717) is 6.54 Å². The maximum atomic E-state index is 14.1. The van der Waals surface area contributed by atoms with Crippen molar-refractivity contribution < 1.29 is 14.3 Å². The summed E-state index contributed by atoms with van der Waals surface area (Å²) in [6, 6.07) is 8.92. The van der Waals surface area contributed by atoms with Gasteiger partial charge in [0.1, 0.15) is 5.56 Å². The van der Waals surface area contributed by atoms with Gasteiger partial charge in [0.2, 0.25) is 0 Å². The molecule has 5 heteroatoms. The van der Waals surface area contributed by atoms with Gasteiger partial charge in [0.05, 0.1) is 0 Å². The molecule has 1 aromatic heterocycles. The van der Waals surface area contributed by atoms with Crippen LogP contribution in [0.5, 0.6) is 0 Å². The number of carboxylic acids is 1. The number of aromatic carboxylic acids is 1. The summed E-state index contributed by atoms with van der Waals surface area (Å²) in [4.78, 5) is 16.5. The number of anilines is 1. The summed E-state index contributed by atoms with van der Waals surface area (Å²) in [6.07, 6.45) is 1.30. The van der Waals surface area contributed by atoms with Gasteiger partial charge in [0.25, 0.3) is 0 Å². The van der Waals surface area contributed by atoms with Crippen LogP contribution in [0.2, 0.25) is 0 Å². The molecule has 0 unspecified atom stereocenters. The summed E-state index contributed by atoms with van der Waals surface area (Å²) in [5.41, 5.74) is 1.76. The van der Waals surface area contributed by atoms with Crippen LogP contribution in [-0.2, 0) is 6.54 Å². The van der Waals surface area contributed by atoms with Gasteiger partial charge < -0.3 is 10.0 Å². The van der Waals surface area contributed by atoms with Gasteiger partial charge in [0.15, 0.2) is 11.6 Å². The molecule has 0 aliphatic rings. The van der Waals surface area contributed by atoms with Gasteiger partial charge in [-0.05, 0) is 24.1 Å². The number of halogens is 1. The van der Waals surface area contributed by atoms with Crippen LogP contribution in [0, 0.1) is 12.7 Å². The normalized spacial score (nSPS) is 10.3. The minimum Gasteiger partial charge on any atom is -0.478 e. The van der Waals surface area contributed by atoms with Crippen LogP contribution in [0.15, 0.2) is 36.5 Å². The van der Waals surface area contributed by atoms with Gasteiger partial charge in [-0.1, -0.05) is 24.3 Å². The zero-order valence-electron chi connectivity index (χ0n) is 11.3. The number of nitrogens with zero attached hydrogens (tertiary/aromatic N) is 2. The van der Waals surface area contributed by atoms with E-state index in [-0.39, 0.29) is 11.4 Å². The molecule has 0 fully saturated rings. The summed E-state index contributed by atoms with van der Waals surface area (Å²) in [5, 5.41) is 8.92. The molecule has 0 bridgehead atoms. The zero-order valence-corrected chi connectivity index (χ0v) is 11.3. The Balaban J connectivity index is 2.30. The van der Waals surface area contributed by atoms with Crippen LogP contribution in [0.4, 0.5) is 10.2 Å². The monoisotopic (exact) mass is 274 g/mol. The summed E-state index contributed by atoms with van der Waals surface area (Å²) in [6.45, 7) is 2.43. The largest absolute Gasteiger partial charge is 0.478 e. The standard InChI is InChI=1S/C15H15FN2O2/c1-10-5-3-4-6-11(10)9-18(2)14-13(16)12(15(19)20)7-8-17-14/h3-8H,9H2,1-2H3,(H,19,20). The molecule has 1 aromatic carbocycles. The molecule has 0 amide bonds. The molecule has 20 heavy (non-hydrogen) atoms. The van der Waals surface area contributed by atoms with E-state index in [2.05, 4.69) is 4.98 Å². The highest BCUT2D eigenvalue weighted by Gasteiger charge is 2.18. The first-order valence-corrected chi connectivity index (χ1v) is 6.14. The highest BCUT2D eigenvalue weighted by atomic mass is 19.1. The third-order valence-corrected chi connectivity index (χ3v) is 3.13. The van der Waals surface area contributed by atoms with E-state index in [1.54, 1.807) is 11.9 Å². The zero-order chi connectivity index (χ0) is 14.7. The average molecular weight is 274 g/mol. The Morgan fingerprint density at radius 1 is 1.35 bits per heavy atom. The molecule has 2 aromatic rings. The second-order valence-electron chi connectivity index (χ2n) is 4.58. The fourth-order valence-corrected chi connectivity index (χ4v) is 1.98. The van der Waals surface area contributed by atoms with Crippen LogP contribution >= 0.6 is 0 Å². The predicted molar refractivity (Wildman–Crippen MR) is 74.4 cm³/mol. The molecule has 1 heterocycles. The summed E-state index contributed by atoms with van der Waals surface area (Å²) < 4.78 is 14.1. The number of aryl methyl sites for hydroxylation is 1. The molecule has 0 aliphatic carbocycles. The molecular weight excluding hydrogens is 259 g/mol. The molecule has 4 nitrogen and oxygen atoms in total. The number of aromatic nitrogens is 1. The van der Waals surface area contributed by atoms with Crippen LogP contribution in [0.1, 0.15) is 21.5 Å². The van der Waals surface area contributed by atoms with E-state index in [9.17, 15) is 9.18 Å². The van der Waals surface area contributed by atoms with Crippen molar-refractivity contribution in [3.63, 3.8) is 0 Å². The molecule has 2 rings (SSSR count). The molecule has 0 aliphatic heterocycles. The van der Waals surface area contributed by atoms with Crippen LogP contribution in [0.25, 0.3) is 0 Å². The topological polar surface area (TPSA) is 53.4 Å². The maximum Gasteiger partial charge on any atom is 0.338 e. The molecule has 0 spiro atoms.